The van der Waals surface area contributed by atoms with Gasteiger partial charge in [0.25, 0.3) is 0 Å². The maximum absolute atomic E-state index is 12.2. The molecule has 1 aromatic carbocycles. The molecule has 0 unspecified atom stereocenters. The summed E-state index contributed by atoms with van der Waals surface area (Å²) in [6, 6.07) is 7.59. The smallest absolute Gasteiger partial charge is 0.311 e. The van der Waals surface area contributed by atoms with Crippen LogP contribution in [0.2, 0.25) is 0 Å². The van der Waals surface area contributed by atoms with Crippen LogP contribution in [0.25, 0.3) is 0 Å². The highest BCUT2D eigenvalue weighted by atomic mass is 32.1. The molecular formula is C18H22N2O4S. The number of methoxy groups -OCH3 is 1. The first-order chi connectivity index (χ1) is 12.1. The number of hydrogen-bond donors (Lipinski definition) is 2. The van der Waals surface area contributed by atoms with Gasteiger partial charge in [0, 0.05) is 18.5 Å². The third kappa shape index (κ3) is 3.77. The SMILES string of the molecule is COc1cccc(C[C@]2(C(=O)O)CCCN(c3nc(CO)cs3)C2)c1. The molecule has 1 saturated heterocycles. The van der Waals surface area contributed by atoms with Crippen molar-refractivity contribution in [3.63, 3.8) is 0 Å². The molecule has 0 radical (unpaired) electrons. The molecular weight excluding hydrogens is 340 g/mol. The van der Waals surface area contributed by atoms with E-state index in [9.17, 15) is 15.0 Å². The average Bonchev–Trinajstić information content (AvgIpc) is 3.11. The fraction of sp³-hybridized carbons (Fsp3) is 0.444. The minimum absolute atomic E-state index is 0.0990. The molecule has 0 bridgehead atoms. The highest BCUT2D eigenvalue weighted by Crippen LogP contribution is 2.37. The van der Waals surface area contributed by atoms with Crippen LogP contribution in [-0.4, -0.2) is 41.4 Å². The molecule has 6 nitrogen and oxygen atoms in total. The number of aliphatic hydroxyl groups is 1. The number of aromatic nitrogens is 1. The molecule has 25 heavy (non-hydrogen) atoms. The van der Waals surface area contributed by atoms with E-state index in [1.165, 1.54) is 11.3 Å². The lowest BCUT2D eigenvalue weighted by Crippen LogP contribution is -2.49. The Morgan fingerprint density at radius 2 is 2.32 bits per heavy atom. The van der Waals surface area contributed by atoms with Gasteiger partial charge in [0.2, 0.25) is 0 Å². The summed E-state index contributed by atoms with van der Waals surface area (Å²) < 4.78 is 5.25. The highest BCUT2D eigenvalue weighted by Gasteiger charge is 2.43. The molecule has 2 heterocycles. The Labute approximate surface area is 150 Å². The Morgan fingerprint density at radius 3 is 3.00 bits per heavy atom. The maximum atomic E-state index is 12.2. The van der Waals surface area contributed by atoms with E-state index >= 15 is 0 Å². The second-order valence-corrected chi connectivity index (χ2v) is 7.25. The number of benzene rings is 1. The van der Waals surface area contributed by atoms with Gasteiger partial charge in [0.15, 0.2) is 5.13 Å². The van der Waals surface area contributed by atoms with Gasteiger partial charge in [0.05, 0.1) is 24.8 Å². The number of carbonyl (C=O) groups is 1. The third-order valence-corrected chi connectivity index (χ3v) is 5.63. The summed E-state index contributed by atoms with van der Waals surface area (Å²) >= 11 is 1.45. The van der Waals surface area contributed by atoms with Gasteiger partial charge in [-0.1, -0.05) is 12.1 Å². The van der Waals surface area contributed by atoms with Gasteiger partial charge in [-0.15, -0.1) is 11.3 Å². The van der Waals surface area contributed by atoms with Crippen LogP contribution in [0.15, 0.2) is 29.6 Å². The monoisotopic (exact) mass is 362 g/mol. The average molecular weight is 362 g/mol. The number of aliphatic carboxylic acids is 1. The number of carboxylic acid groups (broad SMARTS) is 1. The predicted molar refractivity (Wildman–Crippen MR) is 96.3 cm³/mol. The Kier molecular flexibility index (Phi) is 5.24. The zero-order valence-electron chi connectivity index (χ0n) is 14.1. The lowest BCUT2D eigenvalue weighted by atomic mass is 9.75. The zero-order chi connectivity index (χ0) is 17.9. The number of aliphatic hydroxyl groups excluding tert-OH is 1. The molecule has 2 aromatic rings. The zero-order valence-corrected chi connectivity index (χ0v) is 15.0. The molecule has 0 spiro atoms. The quantitative estimate of drug-likeness (QED) is 0.822. The van der Waals surface area contributed by atoms with E-state index in [4.69, 9.17) is 4.74 Å². The lowest BCUT2D eigenvalue weighted by molar-refractivity contribution is -0.149. The van der Waals surface area contributed by atoms with Crippen molar-refractivity contribution in [2.75, 3.05) is 25.1 Å². The number of piperidine rings is 1. The van der Waals surface area contributed by atoms with Crippen LogP contribution in [0.5, 0.6) is 5.75 Å². The van der Waals surface area contributed by atoms with E-state index in [0.29, 0.717) is 25.1 Å². The minimum atomic E-state index is -0.852. The third-order valence-electron chi connectivity index (χ3n) is 4.68. The van der Waals surface area contributed by atoms with Crippen LogP contribution in [0, 0.1) is 5.41 Å². The van der Waals surface area contributed by atoms with Crippen molar-refractivity contribution >= 4 is 22.4 Å². The first-order valence-corrected chi connectivity index (χ1v) is 9.11. The molecule has 0 saturated carbocycles. The summed E-state index contributed by atoms with van der Waals surface area (Å²) in [7, 11) is 1.61. The minimum Gasteiger partial charge on any atom is -0.497 e. The van der Waals surface area contributed by atoms with Gasteiger partial charge < -0.3 is 19.8 Å². The molecule has 0 aliphatic carbocycles. The van der Waals surface area contributed by atoms with Crippen LogP contribution < -0.4 is 9.64 Å². The van der Waals surface area contributed by atoms with Crippen LogP contribution in [-0.2, 0) is 17.8 Å². The Hall–Kier alpha value is -2.12. The molecule has 1 aliphatic heterocycles. The molecule has 1 aliphatic rings. The Bertz CT molecular complexity index is 748. The molecule has 3 rings (SSSR count). The van der Waals surface area contributed by atoms with Gasteiger partial charge in [-0.3, -0.25) is 4.79 Å². The van der Waals surface area contributed by atoms with Gasteiger partial charge in [-0.2, -0.15) is 0 Å². The fourth-order valence-corrected chi connectivity index (χ4v) is 4.22. The molecule has 0 amide bonds. The molecule has 1 atom stereocenters. The number of carboxylic acids is 1. The van der Waals surface area contributed by atoms with Gasteiger partial charge >= 0.3 is 5.97 Å². The first kappa shape index (κ1) is 17.7. The van der Waals surface area contributed by atoms with E-state index in [1.54, 1.807) is 7.11 Å². The van der Waals surface area contributed by atoms with Crippen LogP contribution in [0.4, 0.5) is 5.13 Å². The molecule has 7 heteroatoms. The topological polar surface area (TPSA) is 82.9 Å². The number of ether oxygens (including phenoxy) is 1. The maximum Gasteiger partial charge on any atom is 0.311 e. The number of thiazole rings is 1. The standard InChI is InChI=1S/C18H22N2O4S/c1-24-15-5-2-4-13(8-15)9-18(16(22)23)6-3-7-20(12-18)17-19-14(10-21)11-25-17/h2,4-5,8,11,21H,3,6-7,9-10,12H2,1H3,(H,22,23)/t18-/m1/s1. The number of nitrogens with zero attached hydrogens (tertiary/aromatic N) is 2. The second-order valence-electron chi connectivity index (χ2n) is 6.42. The van der Waals surface area contributed by atoms with Crippen molar-refractivity contribution in [1.82, 2.24) is 4.98 Å². The fourth-order valence-electron chi connectivity index (χ4n) is 3.38. The van der Waals surface area contributed by atoms with Crippen molar-refractivity contribution < 1.29 is 19.7 Å². The van der Waals surface area contributed by atoms with Gasteiger partial charge in [-0.25, -0.2) is 4.98 Å². The predicted octanol–water partition coefficient (Wildman–Crippen LogP) is 2.56. The number of rotatable bonds is 6. The van der Waals surface area contributed by atoms with E-state index in [-0.39, 0.29) is 6.61 Å². The van der Waals surface area contributed by atoms with Crippen molar-refractivity contribution in [2.45, 2.75) is 25.9 Å². The summed E-state index contributed by atoms with van der Waals surface area (Å²) in [5.74, 6) is -0.0443. The van der Waals surface area contributed by atoms with Crippen LogP contribution in [0.1, 0.15) is 24.1 Å². The summed E-state index contributed by atoms with van der Waals surface area (Å²) in [4.78, 5) is 18.6. The summed E-state index contributed by atoms with van der Waals surface area (Å²) in [5, 5.41) is 21.8. The normalized spacial score (nSPS) is 20.5. The van der Waals surface area contributed by atoms with Gasteiger partial charge in [-0.05, 0) is 37.0 Å². The summed E-state index contributed by atoms with van der Waals surface area (Å²) in [5.41, 5.74) is 0.730. The van der Waals surface area contributed by atoms with E-state index < -0.39 is 11.4 Å². The summed E-state index contributed by atoms with van der Waals surface area (Å²) in [6.45, 7) is 1.10. The first-order valence-electron chi connectivity index (χ1n) is 8.23. The van der Waals surface area contributed by atoms with E-state index in [2.05, 4.69) is 4.98 Å². The molecule has 2 N–H and O–H groups in total. The van der Waals surface area contributed by atoms with Crippen molar-refractivity contribution in [2.24, 2.45) is 5.41 Å². The Morgan fingerprint density at radius 1 is 1.48 bits per heavy atom. The number of hydrogen-bond acceptors (Lipinski definition) is 6. The summed E-state index contributed by atoms with van der Waals surface area (Å²) in [6.07, 6.45) is 1.88. The Balaban J connectivity index is 1.84. The molecule has 1 fully saturated rings. The van der Waals surface area contributed by atoms with Crippen molar-refractivity contribution in [1.29, 1.82) is 0 Å². The number of anilines is 1. The van der Waals surface area contributed by atoms with Crippen LogP contribution in [0.3, 0.4) is 0 Å². The van der Waals surface area contributed by atoms with Crippen molar-refractivity contribution in [3.05, 3.63) is 40.9 Å². The largest absolute Gasteiger partial charge is 0.497 e. The molecule has 1 aromatic heterocycles. The lowest BCUT2D eigenvalue weighted by Gasteiger charge is -2.40. The highest BCUT2D eigenvalue weighted by molar-refractivity contribution is 7.13. The van der Waals surface area contributed by atoms with Crippen molar-refractivity contribution in [3.8, 4) is 5.75 Å². The molecule has 134 valence electrons. The van der Waals surface area contributed by atoms with Gasteiger partial charge in [0.1, 0.15) is 5.75 Å². The van der Waals surface area contributed by atoms with E-state index in [0.717, 1.165) is 29.4 Å². The second kappa shape index (κ2) is 7.41. The van der Waals surface area contributed by atoms with Crippen LogP contribution >= 0.6 is 11.3 Å². The van der Waals surface area contributed by atoms with E-state index in [1.807, 2.05) is 34.5 Å².